The lowest BCUT2D eigenvalue weighted by Crippen LogP contribution is -2.28. The highest BCUT2D eigenvalue weighted by Gasteiger charge is 2.53. The quantitative estimate of drug-likeness (QED) is 0.249. The molecule has 1 aliphatic rings. The van der Waals surface area contributed by atoms with Gasteiger partial charge in [-0.05, 0) is 47.9 Å². The number of nitrogens with zero attached hydrogens (tertiary/aromatic N) is 4. The molecule has 1 fully saturated rings. The molecule has 8 nitrogen and oxygen atoms in total. The largest absolute Gasteiger partial charge is 0.506 e. The molecule has 4 aromatic rings. The number of alkyl halides is 3. The van der Waals surface area contributed by atoms with Gasteiger partial charge in [-0.25, -0.2) is 4.39 Å². The van der Waals surface area contributed by atoms with E-state index in [1.165, 1.54) is 30.3 Å². The summed E-state index contributed by atoms with van der Waals surface area (Å²) in [6.45, 7) is 0. The fourth-order valence-electron chi connectivity index (χ4n) is 3.97. The summed E-state index contributed by atoms with van der Waals surface area (Å²) in [4.78, 5) is 16.7. The SMILES string of the molecule is O=C(Nc1cc(-c2nn[nH]n2)c(-c2ccc(C(F)(F)F)nc2)cc1O)C1(c2cccc(Cl)c2F)CC1. The molecule has 0 bridgehead atoms. The standard InChI is InChI=1S/C23H15ClF4N6O2/c24-15-3-1-2-14(19(15)25)22(6-7-22)21(36)30-16-8-13(20-31-33-34-32-20)12(9-17(16)35)11-4-5-18(29-10-11)23(26,27)28/h1-5,8-10,35H,6-7H2,(H,30,36)(H,31,32,33,34). The highest BCUT2D eigenvalue weighted by atomic mass is 35.5. The van der Waals surface area contributed by atoms with Crippen molar-refractivity contribution >= 4 is 23.2 Å². The maximum absolute atomic E-state index is 14.6. The van der Waals surface area contributed by atoms with Crippen molar-refractivity contribution in [3.8, 4) is 28.3 Å². The molecule has 0 radical (unpaired) electrons. The summed E-state index contributed by atoms with van der Waals surface area (Å²) >= 11 is 5.89. The van der Waals surface area contributed by atoms with Gasteiger partial charge in [0.1, 0.15) is 17.3 Å². The van der Waals surface area contributed by atoms with Gasteiger partial charge in [-0.3, -0.25) is 9.78 Å². The number of pyridine rings is 1. The van der Waals surface area contributed by atoms with Crippen LogP contribution < -0.4 is 5.32 Å². The number of H-pyrrole nitrogens is 1. The van der Waals surface area contributed by atoms with E-state index in [2.05, 4.69) is 30.9 Å². The van der Waals surface area contributed by atoms with Crippen LogP contribution in [0.4, 0.5) is 23.2 Å². The fraction of sp³-hybridized carbons (Fsp3) is 0.174. The van der Waals surface area contributed by atoms with Crippen LogP contribution in [-0.4, -0.2) is 36.6 Å². The molecule has 2 aromatic carbocycles. The monoisotopic (exact) mass is 518 g/mol. The summed E-state index contributed by atoms with van der Waals surface area (Å²) in [7, 11) is 0. The number of carbonyl (C=O) groups excluding carboxylic acids is 1. The smallest absolute Gasteiger partial charge is 0.433 e. The molecular weight excluding hydrogens is 504 g/mol. The third-order valence-corrected chi connectivity index (χ3v) is 6.28. The Morgan fingerprint density at radius 3 is 2.53 bits per heavy atom. The van der Waals surface area contributed by atoms with E-state index in [9.17, 15) is 27.5 Å². The number of aromatic nitrogens is 5. The lowest BCUT2D eigenvalue weighted by atomic mass is 9.93. The Hall–Kier alpha value is -4.06. The maximum atomic E-state index is 14.6. The molecule has 5 rings (SSSR count). The van der Waals surface area contributed by atoms with Crippen molar-refractivity contribution in [2.45, 2.75) is 24.4 Å². The maximum Gasteiger partial charge on any atom is 0.433 e. The summed E-state index contributed by atoms with van der Waals surface area (Å²) < 4.78 is 53.4. The van der Waals surface area contributed by atoms with Gasteiger partial charge >= 0.3 is 6.18 Å². The van der Waals surface area contributed by atoms with Gasteiger partial charge in [-0.2, -0.15) is 18.4 Å². The van der Waals surface area contributed by atoms with Gasteiger partial charge in [0, 0.05) is 22.9 Å². The number of hydrogen-bond acceptors (Lipinski definition) is 6. The van der Waals surface area contributed by atoms with E-state index in [-0.39, 0.29) is 44.5 Å². The first-order valence-corrected chi connectivity index (χ1v) is 10.9. The number of amides is 1. The molecule has 1 amide bonds. The van der Waals surface area contributed by atoms with Crippen LogP contribution in [0.3, 0.4) is 0 Å². The van der Waals surface area contributed by atoms with Crippen molar-refractivity contribution in [1.82, 2.24) is 25.6 Å². The van der Waals surface area contributed by atoms with Crippen molar-refractivity contribution in [2.75, 3.05) is 5.32 Å². The summed E-state index contributed by atoms with van der Waals surface area (Å²) in [6, 6.07) is 9.00. The van der Waals surface area contributed by atoms with Gasteiger partial charge in [-0.15, -0.1) is 10.2 Å². The second-order valence-corrected chi connectivity index (χ2v) is 8.63. The second-order valence-electron chi connectivity index (χ2n) is 8.22. The number of hydrogen-bond donors (Lipinski definition) is 3. The number of anilines is 1. The first kappa shape index (κ1) is 23.7. The summed E-state index contributed by atoms with van der Waals surface area (Å²) in [5.41, 5.74) is -1.38. The molecule has 0 saturated heterocycles. The van der Waals surface area contributed by atoms with Crippen LogP contribution in [0.1, 0.15) is 24.1 Å². The van der Waals surface area contributed by atoms with Crippen LogP contribution in [0.5, 0.6) is 5.75 Å². The van der Waals surface area contributed by atoms with Gasteiger partial charge in [0.2, 0.25) is 11.7 Å². The molecule has 2 aromatic heterocycles. The minimum atomic E-state index is -4.62. The number of nitrogens with one attached hydrogen (secondary N) is 2. The number of rotatable bonds is 5. The first-order valence-electron chi connectivity index (χ1n) is 10.5. The van der Waals surface area contributed by atoms with E-state index in [4.69, 9.17) is 11.6 Å². The van der Waals surface area contributed by atoms with E-state index in [1.54, 1.807) is 6.07 Å². The first-order chi connectivity index (χ1) is 17.1. The van der Waals surface area contributed by atoms with Crippen LogP contribution in [-0.2, 0) is 16.4 Å². The van der Waals surface area contributed by atoms with E-state index in [1.807, 2.05) is 0 Å². The number of halogens is 5. The van der Waals surface area contributed by atoms with Gasteiger partial charge < -0.3 is 10.4 Å². The van der Waals surface area contributed by atoms with Gasteiger partial charge in [0.25, 0.3) is 0 Å². The Bertz CT molecular complexity index is 1450. The topological polar surface area (TPSA) is 117 Å². The molecule has 2 heterocycles. The van der Waals surface area contributed by atoms with E-state index in [0.717, 1.165) is 12.3 Å². The van der Waals surface area contributed by atoms with E-state index >= 15 is 0 Å². The highest BCUT2D eigenvalue weighted by molar-refractivity contribution is 6.30. The molecule has 13 heteroatoms. The number of aromatic hydroxyl groups is 1. The highest BCUT2D eigenvalue weighted by Crippen LogP contribution is 2.51. The Labute approximate surface area is 205 Å². The van der Waals surface area contributed by atoms with Gasteiger partial charge in [0.05, 0.1) is 16.1 Å². The van der Waals surface area contributed by atoms with E-state index in [0.29, 0.717) is 12.8 Å². The molecule has 36 heavy (non-hydrogen) atoms. The third-order valence-electron chi connectivity index (χ3n) is 5.99. The number of phenolic OH excluding ortho intramolecular Hbond substituents is 1. The lowest BCUT2D eigenvalue weighted by Gasteiger charge is -2.19. The van der Waals surface area contributed by atoms with Gasteiger partial charge in [0.15, 0.2) is 0 Å². The van der Waals surface area contributed by atoms with Crippen LogP contribution >= 0.6 is 11.6 Å². The second kappa shape index (κ2) is 8.55. The Balaban J connectivity index is 1.53. The average Bonchev–Trinajstić information content (AvgIpc) is 3.47. The molecule has 0 unspecified atom stereocenters. The molecule has 1 aliphatic carbocycles. The normalized spacial score (nSPS) is 14.5. The lowest BCUT2D eigenvalue weighted by molar-refractivity contribution is -0.141. The van der Waals surface area contributed by atoms with Crippen LogP contribution in [0, 0.1) is 5.82 Å². The zero-order valence-electron chi connectivity index (χ0n) is 18.1. The van der Waals surface area contributed by atoms with Crippen LogP contribution in [0.15, 0.2) is 48.7 Å². The minimum Gasteiger partial charge on any atom is -0.506 e. The predicted octanol–water partition coefficient (Wildman–Crippen LogP) is 5.12. The molecule has 184 valence electrons. The number of phenols is 1. The summed E-state index contributed by atoms with van der Waals surface area (Å²) in [5, 5.41) is 26.8. The molecular formula is C23H15ClF4N6O2. The molecule has 0 spiro atoms. The Morgan fingerprint density at radius 1 is 1.14 bits per heavy atom. The van der Waals surface area contributed by atoms with Crippen molar-refractivity contribution in [2.24, 2.45) is 0 Å². The fourth-order valence-corrected chi connectivity index (χ4v) is 4.14. The van der Waals surface area contributed by atoms with Crippen molar-refractivity contribution in [3.63, 3.8) is 0 Å². The Morgan fingerprint density at radius 2 is 1.92 bits per heavy atom. The minimum absolute atomic E-state index is 0.0304. The number of tetrazole rings is 1. The molecule has 1 saturated carbocycles. The molecule has 0 atom stereocenters. The van der Waals surface area contributed by atoms with E-state index < -0.39 is 29.0 Å². The summed E-state index contributed by atoms with van der Waals surface area (Å²) in [6.07, 6.45) is -2.86. The van der Waals surface area contributed by atoms with Crippen molar-refractivity contribution in [1.29, 1.82) is 0 Å². The molecule has 3 N–H and O–H groups in total. The van der Waals surface area contributed by atoms with Crippen molar-refractivity contribution < 1.29 is 27.5 Å². The zero-order valence-corrected chi connectivity index (χ0v) is 18.8. The Kier molecular flexibility index (Phi) is 5.62. The summed E-state index contributed by atoms with van der Waals surface area (Å²) in [5.74, 6) is -1.56. The average molecular weight is 519 g/mol. The van der Waals surface area contributed by atoms with Gasteiger partial charge in [-0.1, -0.05) is 29.8 Å². The van der Waals surface area contributed by atoms with Crippen LogP contribution in [0.25, 0.3) is 22.5 Å². The third kappa shape index (κ3) is 4.13. The molecule has 0 aliphatic heterocycles. The number of benzene rings is 2. The zero-order chi connectivity index (χ0) is 25.7. The van der Waals surface area contributed by atoms with Crippen molar-refractivity contribution in [3.05, 3.63) is 70.8 Å². The number of carbonyl (C=O) groups is 1. The number of aromatic amines is 1. The van der Waals surface area contributed by atoms with Crippen LogP contribution in [0.2, 0.25) is 5.02 Å². The predicted molar refractivity (Wildman–Crippen MR) is 120 cm³/mol.